The Morgan fingerprint density at radius 3 is 2.74 bits per heavy atom. The van der Waals surface area contributed by atoms with E-state index in [1.54, 1.807) is 19.3 Å². The van der Waals surface area contributed by atoms with E-state index in [1.807, 2.05) is 30.3 Å². The Hall–Kier alpha value is -4.72. The van der Waals surface area contributed by atoms with Gasteiger partial charge in [0.05, 0.1) is 24.6 Å². The van der Waals surface area contributed by atoms with E-state index in [0.29, 0.717) is 28.8 Å². The number of nitrogens with zero attached hydrogens (tertiary/aromatic N) is 1. The zero-order valence-corrected chi connectivity index (χ0v) is 20.9. The number of nitrogens with one attached hydrogen (secondary N) is 2. The predicted octanol–water partition coefficient (Wildman–Crippen LogP) is 7.10. The molecule has 0 atom stereocenters. The van der Waals surface area contributed by atoms with Crippen LogP contribution in [0.15, 0.2) is 73.6 Å². The Kier molecular flexibility index (Phi) is 6.79. The number of esters is 1. The standard InChI is InChI=1S/C30H25F2N3O3/c1-17(20-6-4-5-19(13-20)7-10-28(36)37-3)27-16-34-30(35-27)23-14-21(8-9-24(23)31)38-29-18(2)22-11-12-33-26(22)15-25(29)32/h4-6,8-9,11-16,33H,1,7,10H2,2-3H3,(H,34,35). The monoisotopic (exact) mass is 513 g/mol. The number of halogens is 2. The molecule has 0 saturated carbocycles. The number of imidazole rings is 1. The number of rotatable bonds is 8. The molecule has 2 aromatic heterocycles. The summed E-state index contributed by atoms with van der Waals surface area (Å²) < 4.78 is 40.2. The van der Waals surface area contributed by atoms with Gasteiger partial charge in [0.1, 0.15) is 17.4 Å². The SMILES string of the molecule is C=C(c1cccc(CCC(=O)OC)c1)c1cnc(-c2cc(Oc3c(F)cc4[nH]ccc4c3C)ccc2F)[nH]1. The first-order valence-corrected chi connectivity index (χ1v) is 12.0. The van der Waals surface area contributed by atoms with Gasteiger partial charge in [-0.2, -0.15) is 0 Å². The lowest BCUT2D eigenvalue weighted by Gasteiger charge is -2.12. The summed E-state index contributed by atoms with van der Waals surface area (Å²) in [6, 6.07) is 15.1. The van der Waals surface area contributed by atoms with Gasteiger partial charge in [-0.1, -0.05) is 30.8 Å². The number of aryl methyl sites for hydroxylation is 2. The van der Waals surface area contributed by atoms with E-state index >= 15 is 0 Å². The molecule has 8 heteroatoms. The second-order valence-corrected chi connectivity index (χ2v) is 8.90. The molecule has 0 radical (unpaired) electrons. The molecular weight excluding hydrogens is 488 g/mol. The Labute approximate surface area is 218 Å². The molecule has 0 aliphatic heterocycles. The minimum Gasteiger partial charge on any atom is -0.469 e. The van der Waals surface area contributed by atoms with Crippen molar-refractivity contribution in [3.8, 4) is 22.9 Å². The molecule has 0 unspecified atom stereocenters. The molecule has 0 spiro atoms. The summed E-state index contributed by atoms with van der Waals surface area (Å²) >= 11 is 0. The van der Waals surface area contributed by atoms with Crippen LogP contribution in [-0.2, 0) is 16.0 Å². The summed E-state index contributed by atoms with van der Waals surface area (Å²) in [5, 5.41) is 0.840. The number of fused-ring (bicyclic) bond motifs is 1. The van der Waals surface area contributed by atoms with Crippen molar-refractivity contribution in [2.45, 2.75) is 19.8 Å². The lowest BCUT2D eigenvalue weighted by molar-refractivity contribution is -0.140. The van der Waals surface area contributed by atoms with Crippen molar-refractivity contribution in [3.05, 3.63) is 108 Å². The second-order valence-electron chi connectivity index (χ2n) is 8.90. The number of benzene rings is 3. The van der Waals surface area contributed by atoms with Gasteiger partial charge >= 0.3 is 5.97 Å². The van der Waals surface area contributed by atoms with Gasteiger partial charge in [0, 0.05) is 35.2 Å². The number of carbonyl (C=O) groups excluding carboxylic acids is 1. The third-order valence-corrected chi connectivity index (χ3v) is 6.45. The van der Waals surface area contributed by atoms with E-state index < -0.39 is 11.6 Å². The van der Waals surface area contributed by atoms with Crippen molar-refractivity contribution in [3.63, 3.8) is 0 Å². The highest BCUT2D eigenvalue weighted by Gasteiger charge is 2.17. The summed E-state index contributed by atoms with van der Waals surface area (Å²) in [4.78, 5) is 21.9. The van der Waals surface area contributed by atoms with Crippen molar-refractivity contribution < 1.29 is 23.0 Å². The maximum atomic E-state index is 14.8. The van der Waals surface area contributed by atoms with Crippen LogP contribution in [0.25, 0.3) is 27.9 Å². The summed E-state index contributed by atoms with van der Waals surface area (Å²) in [6.07, 6.45) is 4.13. The van der Waals surface area contributed by atoms with Gasteiger partial charge in [0.15, 0.2) is 11.6 Å². The number of carbonyl (C=O) groups is 1. The van der Waals surface area contributed by atoms with Crippen LogP contribution in [-0.4, -0.2) is 28.0 Å². The first-order valence-electron chi connectivity index (χ1n) is 12.0. The number of methoxy groups -OCH3 is 1. The Bertz CT molecular complexity index is 1670. The maximum absolute atomic E-state index is 14.8. The first-order chi connectivity index (χ1) is 18.3. The van der Waals surface area contributed by atoms with Crippen LogP contribution in [0, 0.1) is 18.6 Å². The molecule has 5 aromatic rings. The summed E-state index contributed by atoms with van der Waals surface area (Å²) in [6.45, 7) is 5.94. The van der Waals surface area contributed by atoms with Crippen LogP contribution < -0.4 is 4.74 Å². The molecule has 2 heterocycles. The molecular formula is C30H25F2N3O3. The molecule has 0 aliphatic rings. The van der Waals surface area contributed by atoms with E-state index in [9.17, 15) is 13.6 Å². The van der Waals surface area contributed by atoms with Crippen LogP contribution >= 0.6 is 0 Å². The minimum absolute atomic E-state index is 0.0789. The average Bonchev–Trinajstić information content (AvgIpc) is 3.60. The van der Waals surface area contributed by atoms with Crippen LogP contribution in [0.3, 0.4) is 0 Å². The summed E-state index contributed by atoms with van der Waals surface area (Å²) in [7, 11) is 1.36. The van der Waals surface area contributed by atoms with Crippen LogP contribution in [0.4, 0.5) is 8.78 Å². The Morgan fingerprint density at radius 2 is 1.92 bits per heavy atom. The van der Waals surface area contributed by atoms with Crippen LogP contribution in [0.1, 0.15) is 28.8 Å². The lowest BCUT2D eigenvalue weighted by Crippen LogP contribution is -2.02. The van der Waals surface area contributed by atoms with E-state index in [0.717, 1.165) is 16.5 Å². The fourth-order valence-corrected chi connectivity index (χ4v) is 4.34. The maximum Gasteiger partial charge on any atom is 0.305 e. The molecule has 0 saturated heterocycles. The van der Waals surface area contributed by atoms with Gasteiger partial charge in [-0.15, -0.1) is 0 Å². The molecule has 192 valence electrons. The number of hydrogen-bond acceptors (Lipinski definition) is 4. The highest BCUT2D eigenvalue weighted by molar-refractivity contribution is 5.85. The minimum atomic E-state index is -0.520. The van der Waals surface area contributed by atoms with E-state index in [2.05, 4.69) is 21.5 Å². The predicted molar refractivity (Wildman–Crippen MR) is 142 cm³/mol. The van der Waals surface area contributed by atoms with Crippen molar-refractivity contribution in [1.29, 1.82) is 0 Å². The quantitative estimate of drug-likeness (QED) is 0.217. The highest BCUT2D eigenvalue weighted by Crippen LogP contribution is 2.35. The summed E-state index contributed by atoms with van der Waals surface area (Å²) in [5.41, 5.74) is 4.55. The van der Waals surface area contributed by atoms with E-state index in [-0.39, 0.29) is 35.3 Å². The lowest BCUT2D eigenvalue weighted by atomic mass is 10.0. The Morgan fingerprint density at radius 1 is 1.08 bits per heavy atom. The fraction of sp³-hybridized carbons (Fsp3) is 0.133. The fourth-order valence-electron chi connectivity index (χ4n) is 4.34. The molecule has 0 fully saturated rings. The number of aromatic amines is 2. The molecule has 0 aliphatic carbocycles. The number of ether oxygens (including phenoxy) is 2. The van der Waals surface area contributed by atoms with Gasteiger partial charge < -0.3 is 19.4 Å². The van der Waals surface area contributed by atoms with Gasteiger partial charge in [0.2, 0.25) is 0 Å². The molecule has 0 amide bonds. The van der Waals surface area contributed by atoms with Crippen LogP contribution in [0.2, 0.25) is 0 Å². The third kappa shape index (κ3) is 4.93. The topological polar surface area (TPSA) is 80.0 Å². The molecule has 3 aromatic carbocycles. The van der Waals surface area contributed by atoms with Gasteiger partial charge in [-0.3, -0.25) is 4.79 Å². The van der Waals surface area contributed by atoms with Crippen molar-refractivity contribution in [1.82, 2.24) is 15.0 Å². The molecule has 5 rings (SSSR count). The molecule has 6 nitrogen and oxygen atoms in total. The van der Waals surface area contributed by atoms with Gasteiger partial charge in [-0.05, 0) is 54.3 Å². The van der Waals surface area contributed by atoms with Crippen molar-refractivity contribution >= 4 is 22.4 Å². The highest BCUT2D eigenvalue weighted by atomic mass is 19.1. The smallest absolute Gasteiger partial charge is 0.305 e. The molecule has 38 heavy (non-hydrogen) atoms. The van der Waals surface area contributed by atoms with E-state index in [1.165, 1.54) is 31.4 Å². The third-order valence-electron chi connectivity index (χ3n) is 6.45. The number of hydrogen-bond donors (Lipinski definition) is 2. The normalized spacial score (nSPS) is 11.1. The Balaban J connectivity index is 1.39. The van der Waals surface area contributed by atoms with Gasteiger partial charge in [0.25, 0.3) is 0 Å². The second kappa shape index (κ2) is 10.3. The van der Waals surface area contributed by atoms with Crippen molar-refractivity contribution in [2.75, 3.05) is 7.11 Å². The molecule has 0 bridgehead atoms. The number of aromatic nitrogens is 3. The zero-order valence-electron chi connectivity index (χ0n) is 20.9. The van der Waals surface area contributed by atoms with Crippen molar-refractivity contribution in [2.24, 2.45) is 0 Å². The first kappa shape index (κ1) is 25.0. The largest absolute Gasteiger partial charge is 0.469 e. The van der Waals surface area contributed by atoms with Crippen LogP contribution in [0.5, 0.6) is 11.5 Å². The summed E-state index contributed by atoms with van der Waals surface area (Å²) in [5.74, 6) is -0.669. The van der Waals surface area contributed by atoms with Gasteiger partial charge in [-0.25, -0.2) is 13.8 Å². The average molecular weight is 514 g/mol. The van der Waals surface area contributed by atoms with E-state index in [4.69, 9.17) is 9.47 Å². The zero-order chi connectivity index (χ0) is 26.8. The molecule has 2 N–H and O–H groups in total. The number of H-pyrrole nitrogens is 2.